The summed E-state index contributed by atoms with van der Waals surface area (Å²) in [5.41, 5.74) is 2.91. The molecule has 3 heteroatoms. The van der Waals surface area contributed by atoms with Gasteiger partial charge in [0.1, 0.15) is 0 Å². The summed E-state index contributed by atoms with van der Waals surface area (Å²) in [5, 5.41) is 0. The molecule has 0 aromatic carbocycles. The van der Waals surface area contributed by atoms with Crippen molar-refractivity contribution < 1.29 is 4.84 Å². The Labute approximate surface area is 60.4 Å². The van der Waals surface area contributed by atoms with E-state index < -0.39 is 0 Å². The first-order valence-electron chi connectivity index (χ1n) is 3.76. The lowest BCUT2D eigenvalue weighted by atomic mass is 10.5. The minimum atomic E-state index is 0.834. The van der Waals surface area contributed by atoms with Gasteiger partial charge in [0.15, 0.2) is 0 Å². The average Bonchev–Trinajstić information content (AvgIpc) is 1.89. The fourth-order valence-electron chi connectivity index (χ4n) is 0.495. The van der Waals surface area contributed by atoms with Crippen LogP contribution in [0.1, 0.15) is 19.8 Å². The quantitative estimate of drug-likeness (QED) is 0.327. The zero-order chi connectivity index (χ0) is 6.95. The molecule has 1 N–H and O–H groups in total. The Hall–Kier alpha value is 0.137. The highest BCUT2D eigenvalue weighted by atomic mass is 28.1. The largest absolute Gasteiger partial charge is 0.302 e. The molecule has 0 amide bonds. The Morgan fingerprint density at radius 2 is 2.33 bits per heavy atom. The molecule has 0 aliphatic carbocycles. The van der Waals surface area contributed by atoms with Gasteiger partial charge in [0, 0.05) is 16.8 Å². The van der Waals surface area contributed by atoms with Gasteiger partial charge in [0.25, 0.3) is 0 Å². The Balaban J connectivity index is 2.60. The van der Waals surface area contributed by atoms with E-state index in [1.54, 1.807) is 0 Å². The van der Waals surface area contributed by atoms with Crippen molar-refractivity contribution in [2.45, 2.75) is 25.8 Å². The van der Waals surface area contributed by atoms with Gasteiger partial charge in [-0.15, -0.1) is 0 Å². The van der Waals surface area contributed by atoms with Crippen LogP contribution in [0, 0.1) is 0 Å². The van der Waals surface area contributed by atoms with Crippen LogP contribution in [0.25, 0.3) is 0 Å². The van der Waals surface area contributed by atoms with Gasteiger partial charge < -0.3 is 4.84 Å². The van der Waals surface area contributed by atoms with E-state index >= 15 is 0 Å². The molecule has 0 bridgehead atoms. The fourth-order valence-corrected chi connectivity index (χ4v) is 0.849. The molecule has 0 rings (SSSR count). The molecule has 0 unspecified atom stereocenters. The lowest BCUT2D eigenvalue weighted by molar-refractivity contribution is 0.0419. The number of hydrogen-bond acceptors (Lipinski definition) is 2. The third-order valence-corrected chi connectivity index (χ3v) is 1.75. The molecule has 2 nitrogen and oxygen atoms in total. The normalized spacial score (nSPS) is 10.3. The third-order valence-electron chi connectivity index (χ3n) is 1.04. The summed E-state index contributed by atoms with van der Waals surface area (Å²) in [4.78, 5) is 5.05. The summed E-state index contributed by atoms with van der Waals surface area (Å²) in [6.45, 7) is 3.96. The molecule has 9 heavy (non-hydrogen) atoms. The zero-order valence-corrected chi connectivity index (χ0v) is 8.44. The predicted octanol–water partition coefficient (Wildman–Crippen LogP) is 0.0914. The van der Waals surface area contributed by atoms with Gasteiger partial charge in [-0.2, -0.15) is 0 Å². The van der Waals surface area contributed by atoms with Crippen LogP contribution in [0.5, 0.6) is 0 Å². The molecule has 0 aliphatic rings. The standard InChI is InChI=1S/C6H17NOSi/c1-2-5-8-7-4-3-6-9/h7H,2-6H2,1,9H3. The molecule has 0 radical (unpaired) electrons. The molecular formula is C6H17NOSi. The minimum Gasteiger partial charge on any atom is -0.302 e. The van der Waals surface area contributed by atoms with E-state index in [9.17, 15) is 0 Å². The van der Waals surface area contributed by atoms with Crippen LogP contribution in [0.2, 0.25) is 6.04 Å². The van der Waals surface area contributed by atoms with Gasteiger partial charge in [-0.25, -0.2) is 5.48 Å². The molecule has 0 spiro atoms. The number of rotatable bonds is 6. The summed E-state index contributed by atoms with van der Waals surface area (Å²) in [5.74, 6) is 0. The van der Waals surface area contributed by atoms with Crippen LogP contribution in [0.4, 0.5) is 0 Å². The third kappa shape index (κ3) is 8.14. The second kappa shape index (κ2) is 8.14. The number of hydroxylamine groups is 1. The van der Waals surface area contributed by atoms with Crippen LogP contribution in [-0.2, 0) is 4.84 Å². The molecule has 0 heterocycles. The van der Waals surface area contributed by atoms with Gasteiger partial charge in [0.2, 0.25) is 0 Å². The lowest BCUT2D eigenvalue weighted by Gasteiger charge is -2.01. The second-order valence-corrected chi connectivity index (χ2v) is 3.10. The van der Waals surface area contributed by atoms with Crippen molar-refractivity contribution in [1.29, 1.82) is 0 Å². The Morgan fingerprint density at radius 1 is 1.56 bits per heavy atom. The summed E-state index contributed by atoms with van der Waals surface area (Å²) in [7, 11) is 1.31. The van der Waals surface area contributed by atoms with E-state index in [-0.39, 0.29) is 0 Å². The van der Waals surface area contributed by atoms with Crippen molar-refractivity contribution in [2.75, 3.05) is 13.2 Å². The van der Waals surface area contributed by atoms with Crippen LogP contribution in [0.15, 0.2) is 0 Å². The topological polar surface area (TPSA) is 21.3 Å². The second-order valence-electron chi connectivity index (χ2n) is 2.10. The van der Waals surface area contributed by atoms with Gasteiger partial charge in [0.05, 0.1) is 6.61 Å². The summed E-state index contributed by atoms with van der Waals surface area (Å²) in [6, 6.07) is 1.36. The molecule has 0 saturated heterocycles. The van der Waals surface area contributed by atoms with Gasteiger partial charge >= 0.3 is 0 Å². The first kappa shape index (κ1) is 9.14. The molecule has 0 aliphatic heterocycles. The molecule has 0 aromatic heterocycles. The fraction of sp³-hybridized carbons (Fsp3) is 1.00. The maximum atomic E-state index is 5.05. The van der Waals surface area contributed by atoms with Gasteiger partial charge in [-0.3, -0.25) is 0 Å². The van der Waals surface area contributed by atoms with E-state index in [1.165, 1.54) is 22.7 Å². The van der Waals surface area contributed by atoms with E-state index in [4.69, 9.17) is 4.84 Å². The van der Waals surface area contributed by atoms with Crippen molar-refractivity contribution in [2.24, 2.45) is 0 Å². The van der Waals surface area contributed by atoms with E-state index in [0.29, 0.717) is 0 Å². The van der Waals surface area contributed by atoms with Crippen LogP contribution >= 0.6 is 0 Å². The molecule has 0 saturated carbocycles. The first-order valence-corrected chi connectivity index (χ1v) is 5.17. The average molecular weight is 147 g/mol. The van der Waals surface area contributed by atoms with Crippen LogP contribution in [0.3, 0.4) is 0 Å². The van der Waals surface area contributed by atoms with E-state index in [1.807, 2.05) is 0 Å². The number of hydrogen-bond donors (Lipinski definition) is 1. The van der Waals surface area contributed by atoms with Crippen LogP contribution in [-0.4, -0.2) is 23.4 Å². The summed E-state index contributed by atoms with van der Waals surface area (Å²) >= 11 is 0. The van der Waals surface area contributed by atoms with Crippen molar-refractivity contribution in [1.82, 2.24) is 5.48 Å². The maximum Gasteiger partial charge on any atom is 0.0679 e. The van der Waals surface area contributed by atoms with Crippen molar-refractivity contribution in [3.63, 3.8) is 0 Å². The predicted molar refractivity (Wildman–Crippen MR) is 43.6 cm³/mol. The van der Waals surface area contributed by atoms with Crippen molar-refractivity contribution >= 4 is 10.2 Å². The number of nitrogens with one attached hydrogen (secondary N) is 1. The highest BCUT2D eigenvalue weighted by molar-refractivity contribution is 6.08. The van der Waals surface area contributed by atoms with Gasteiger partial charge in [-0.1, -0.05) is 13.0 Å². The van der Waals surface area contributed by atoms with E-state index in [2.05, 4.69) is 12.4 Å². The molecule has 56 valence electrons. The molecular weight excluding hydrogens is 130 g/mol. The smallest absolute Gasteiger partial charge is 0.0679 e. The SMILES string of the molecule is CCCONCCC[SiH3]. The van der Waals surface area contributed by atoms with Crippen LogP contribution < -0.4 is 5.48 Å². The Morgan fingerprint density at radius 3 is 2.89 bits per heavy atom. The van der Waals surface area contributed by atoms with Crippen molar-refractivity contribution in [3.8, 4) is 0 Å². The monoisotopic (exact) mass is 147 g/mol. The summed E-state index contributed by atoms with van der Waals surface area (Å²) in [6.07, 6.45) is 2.35. The van der Waals surface area contributed by atoms with Crippen molar-refractivity contribution in [3.05, 3.63) is 0 Å². The summed E-state index contributed by atoms with van der Waals surface area (Å²) < 4.78 is 0. The van der Waals surface area contributed by atoms with Gasteiger partial charge in [-0.05, 0) is 12.8 Å². The van der Waals surface area contributed by atoms with E-state index in [0.717, 1.165) is 19.6 Å². The first-order chi connectivity index (χ1) is 4.41. The maximum absolute atomic E-state index is 5.05. The Kier molecular flexibility index (Phi) is 8.26. The molecule has 0 fully saturated rings. The lowest BCUT2D eigenvalue weighted by Crippen LogP contribution is -2.16. The highest BCUT2D eigenvalue weighted by Gasteiger charge is 1.82. The molecule has 0 aromatic rings. The highest BCUT2D eigenvalue weighted by Crippen LogP contribution is 1.81. The Bertz CT molecular complexity index is 46.3. The minimum absolute atomic E-state index is 0.834. The molecule has 0 atom stereocenters. The zero-order valence-electron chi connectivity index (χ0n) is 6.44.